The third-order valence-corrected chi connectivity index (χ3v) is 2.10. The minimum Gasteiger partial charge on any atom is -0.423 e. The zero-order valence-corrected chi connectivity index (χ0v) is 8.47. The van der Waals surface area contributed by atoms with E-state index in [1.54, 1.807) is 0 Å². The van der Waals surface area contributed by atoms with Crippen LogP contribution in [0.25, 0.3) is 11.1 Å². The van der Waals surface area contributed by atoms with Gasteiger partial charge in [-0.2, -0.15) is 0 Å². The van der Waals surface area contributed by atoms with Crippen molar-refractivity contribution in [1.82, 2.24) is 0 Å². The average Bonchev–Trinajstić information content (AvgIpc) is 2.53. The van der Waals surface area contributed by atoms with Crippen LogP contribution in [0.15, 0.2) is 48.3 Å². The summed E-state index contributed by atoms with van der Waals surface area (Å²) in [6.45, 7) is 1.38. The Morgan fingerprint density at radius 3 is 2.19 bits per heavy atom. The van der Waals surface area contributed by atoms with Crippen LogP contribution in [0.2, 0.25) is 0 Å². The lowest BCUT2D eigenvalue weighted by Crippen LogP contribution is -2.31. The Morgan fingerprint density at radius 1 is 0.938 bits per heavy atom. The Bertz CT molecular complexity index is 824. The quantitative estimate of drug-likeness (QED) is 0.750. The maximum atomic E-state index is 9.58. The Balaban J connectivity index is 3.10. The van der Waals surface area contributed by atoms with Crippen molar-refractivity contribution in [3.05, 3.63) is 53.9 Å². The smallest absolute Gasteiger partial charge is 0.423 e. The van der Waals surface area contributed by atoms with E-state index in [1.807, 2.05) is 0 Å². The number of hydrogen-bond acceptors (Lipinski definition) is 2. The van der Waals surface area contributed by atoms with Gasteiger partial charge in [-0.1, -0.05) is 48.3 Å². The van der Waals surface area contributed by atoms with Crippen molar-refractivity contribution in [2.45, 2.75) is 6.92 Å². The fourth-order valence-electron chi connectivity index (χ4n) is 1.34. The van der Waals surface area contributed by atoms with Gasteiger partial charge in [0, 0.05) is 0 Å². The van der Waals surface area contributed by atoms with Crippen molar-refractivity contribution in [2.24, 2.45) is 0 Å². The Labute approximate surface area is 107 Å². The molecule has 2 nitrogen and oxygen atoms in total. The molecule has 2 aromatic carbocycles. The molecule has 0 fully saturated rings. The van der Waals surface area contributed by atoms with Crippen LogP contribution in [0.4, 0.5) is 0 Å². The van der Waals surface area contributed by atoms with E-state index >= 15 is 0 Å². The van der Waals surface area contributed by atoms with Gasteiger partial charge < -0.3 is 10.0 Å². The topological polar surface area (TPSA) is 40.5 Å². The lowest BCUT2D eigenvalue weighted by molar-refractivity contribution is 0.426. The third kappa shape index (κ3) is 2.01. The minimum atomic E-state index is -2.24. The zero-order valence-electron chi connectivity index (χ0n) is 16.5. The molecular formula is C13H13BO2. The third-order valence-electron chi connectivity index (χ3n) is 2.10. The van der Waals surface area contributed by atoms with Crippen LogP contribution >= 0.6 is 0 Å². The first-order valence-electron chi connectivity index (χ1n) is 8.56. The molecule has 0 unspecified atom stereocenters. The summed E-state index contributed by atoms with van der Waals surface area (Å²) in [6.07, 6.45) is 0. The standard InChI is InChI=1S/C13H13BO2/c1-10-6-2-3-7-11(10)12-8-4-5-9-13(12)14(15)16/h2-9,15-16H,1H3/i2D,3D,4D,5D,6D,7D,8D,9D. The largest absolute Gasteiger partial charge is 0.489 e. The summed E-state index contributed by atoms with van der Waals surface area (Å²) in [4.78, 5) is 0. The number of benzene rings is 2. The predicted molar refractivity (Wildman–Crippen MR) is 66.4 cm³/mol. The van der Waals surface area contributed by atoms with Crippen molar-refractivity contribution >= 4 is 12.6 Å². The molecule has 0 saturated carbocycles. The van der Waals surface area contributed by atoms with Crippen molar-refractivity contribution in [3.8, 4) is 11.1 Å². The van der Waals surface area contributed by atoms with Gasteiger partial charge in [0.1, 0.15) is 0 Å². The molecule has 0 spiro atoms. The van der Waals surface area contributed by atoms with Gasteiger partial charge in [-0.3, -0.25) is 0 Å². The highest BCUT2D eigenvalue weighted by Gasteiger charge is 2.16. The molecule has 0 aliphatic carbocycles. The van der Waals surface area contributed by atoms with E-state index in [2.05, 4.69) is 0 Å². The van der Waals surface area contributed by atoms with E-state index in [1.165, 1.54) is 6.92 Å². The SMILES string of the molecule is [2H]c1c([2H])c([2H])c(-c2c([2H])c([2H])c([2H])c([2H])c2B(O)O)c(C)c1[2H]. The number of hydrogen-bond donors (Lipinski definition) is 2. The molecule has 0 aliphatic heterocycles. The molecule has 0 saturated heterocycles. The van der Waals surface area contributed by atoms with E-state index in [9.17, 15) is 10.0 Å². The number of rotatable bonds is 2. The summed E-state index contributed by atoms with van der Waals surface area (Å²) in [6, 6.07) is -4.51. The maximum Gasteiger partial charge on any atom is 0.489 e. The average molecular weight is 220 g/mol. The van der Waals surface area contributed by atoms with Gasteiger partial charge in [0.15, 0.2) is 0 Å². The van der Waals surface area contributed by atoms with Gasteiger partial charge in [-0.25, -0.2) is 0 Å². The van der Waals surface area contributed by atoms with E-state index in [0.717, 1.165) is 0 Å². The van der Waals surface area contributed by atoms with Crippen LogP contribution < -0.4 is 5.46 Å². The van der Waals surface area contributed by atoms with Crippen molar-refractivity contribution in [1.29, 1.82) is 0 Å². The second-order valence-corrected chi connectivity index (χ2v) is 3.16. The molecule has 3 heteroatoms. The first-order chi connectivity index (χ1) is 11.0. The molecular weight excluding hydrogens is 199 g/mol. The van der Waals surface area contributed by atoms with E-state index in [4.69, 9.17) is 11.0 Å². The lowest BCUT2D eigenvalue weighted by Gasteiger charge is -2.11. The van der Waals surface area contributed by atoms with Gasteiger partial charge in [-0.15, -0.1) is 0 Å². The summed E-state index contributed by atoms with van der Waals surface area (Å²) in [5.74, 6) is 0. The van der Waals surface area contributed by atoms with Crippen LogP contribution in [0, 0.1) is 6.92 Å². The molecule has 16 heavy (non-hydrogen) atoms. The minimum absolute atomic E-state index is 0.0490. The van der Waals surface area contributed by atoms with Gasteiger partial charge >= 0.3 is 7.12 Å². The van der Waals surface area contributed by atoms with Crippen LogP contribution in [-0.2, 0) is 0 Å². The normalized spacial score (nSPS) is 17.2. The van der Waals surface area contributed by atoms with Crippen LogP contribution in [0.5, 0.6) is 0 Å². The zero-order chi connectivity index (χ0) is 18.5. The molecule has 0 amide bonds. The second kappa shape index (κ2) is 4.52. The molecule has 0 aromatic heterocycles. The lowest BCUT2D eigenvalue weighted by atomic mass is 9.75. The van der Waals surface area contributed by atoms with Gasteiger partial charge in [0.2, 0.25) is 0 Å². The van der Waals surface area contributed by atoms with Crippen molar-refractivity contribution in [3.63, 3.8) is 0 Å². The molecule has 2 aromatic rings. The summed E-state index contributed by atoms with van der Waals surface area (Å²) < 4.78 is 62.6. The van der Waals surface area contributed by atoms with Gasteiger partial charge in [0.25, 0.3) is 0 Å². The highest BCUT2D eigenvalue weighted by Crippen LogP contribution is 2.21. The van der Waals surface area contributed by atoms with E-state index < -0.39 is 54.9 Å². The van der Waals surface area contributed by atoms with Crippen molar-refractivity contribution in [2.75, 3.05) is 0 Å². The van der Waals surface area contributed by atoms with Gasteiger partial charge in [-0.05, 0) is 29.1 Å². The predicted octanol–water partition coefficient (Wildman–Crippen LogP) is 1.34. The fraction of sp³-hybridized carbons (Fsp3) is 0.0769. The highest BCUT2D eigenvalue weighted by molar-refractivity contribution is 6.60. The van der Waals surface area contributed by atoms with E-state index in [0.29, 0.717) is 0 Å². The second-order valence-electron chi connectivity index (χ2n) is 3.16. The van der Waals surface area contributed by atoms with Gasteiger partial charge in [0.05, 0.1) is 11.0 Å². The summed E-state index contributed by atoms with van der Waals surface area (Å²) >= 11 is 0. The Kier molecular flexibility index (Phi) is 1.34. The van der Waals surface area contributed by atoms with Crippen LogP contribution in [0.3, 0.4) is 0 Å². The molecule has 2 N–H and O–H groups in total. The molecule has 80 valence electrons. The summed E-state index contributed by atoms with van der Waals surface area (Å²) in [5.41, 5.74) is -1.02. The van der Waals surface area contributed by atoms with E-state index in [-0.39, 0.29) is 22.7 Å². The Hall–Kier alpha value is -1.58. The molecule has 0 radical (unpaired) electrons. The first-order valence-corrected chi connectivity index (χ1v) is 4.56. The monoisotopic (exact) mass is 220 g/mol. The molecule has 2 rings (SSSR count). The molecule has 0 atom stereocenters. The molecule has 0 aliphatic rings. The summed E-state index contributed by atoms with van der Waals surface area (Å²) in [7, 11) is -2.24. The molecule has 0 bridgehead atoms. The molecule has 0 heterocycles. The maximum absolute atomic E-state index is 9.58. The first kappa shape index (κ1) is 4.74. The van der Waals surface area contributed by atoms with Crippen molar-refractivity contribution < 1.29 is 21.0 Å². The Morgan fingerprint density at radius 2 is 1.50 bits per heavy atom. The van der Waals surface area contributed by atoms with Crippen LogP contribution in [-0.4, -0.2) is 17.2 Å². The van der Waals surface area contributed by atoms with Crippen LogP contribution in [0.1, 0.15) is 16.5 Å². The fourth-order valence-corrected chi connectivity index (χ4v) is 1.34. The summed E-state index contributed by atoms with van der Waals surface area (Å²) in [5, 5.41) is 19.2. The highest BCUT2D eigenvalue weighted by atomic mass is 16.4.